The Bertz CT molecular complexity index is 152. The minimum atomic E-state index is -0.0252. The van der Waals surface area contributed by atoms with Crippen molar-refractivity contribution in [3.63, 3.8) is 0 Å². The van der Waals surface area contributed by atoms with Crippen LogP contribution in [0.1, 0.15) is 25.7 Å². The second-order valence-electron chi connectivity index (χ2n) is 4.53. The largest absolute Gasteiger partial charge is 0.391 e. The van der Waals surface area contributed by atoms with Crippen molar-refractivity contribution in [1.29, 1.82) is 0 Å². The van der Waals surface area contributed by atoms with E-state index in [0.717, 1.165) is 12.0 Å². The van der Waals surface area contributed by atoms with E-state index in [0.29, 0.717) is 12.0 Å². The minimum absolute atomic E-state index is 0.0252. The molecule has 5 atom stereocenters. The number of nitrogens with one attached hydrogen (secondary N) is 1. The smallest absolute Gasteiger partial charge is 0.0722 e. The van der Waals surface area contributed by atoms with Gasteiger partial charge in [0.1, 0.15) is 0 Å². The fourth-order valence-corrected chi connectivity index (χ4v) is 3.39. The highest BCUT2D eigenvalue weighted by atomic mass is 16.3. The molecule has 0 unspecified atom stereocenters. The van der Waals surface area contributed by atoms with Crippen LogP contribution < -0.4 is 5.32 Å². The lowest BCUT2D eigenvalue weighted by atomic mass is 9.63. The van der Waals surface area contributed by atoms with E-state index >= 15 is 0 Å². The predicted molar refractivity (Wildman–Crippen MR) is 42.2 cm³/mol. The summed E-state index contributed by atoms with van der Waals surface area (Å²) >= 11 is 0. The van der Waals surface area contributed by atoms with E-state index in [1.165, 1.54) is 25.7 Å². The third-order valence-electron chi connectivity index (χ3n) is 3.77. The molecular formula is C9H15NO. The highest BCUT2D eigenvalue weighted by Gasteiger charge is 2.47. The van der Waals surface area contributed by atoms with Gasteiger partial charge in [-0.25, -0.2) is 0 Å². The normalized spacial score (nSPS) is 60.3. The van der Waals surface area contributed by atoms with Crippen molar-refractivity contribution in [2.24, 2.45) is 11.8 Å². The van der Waals surface area contributed by atoms with Crippen LogP contribution >= 0.6 is 0 Å². The molecule has 0 aromatic rings. The summed E-state index contributed by atoms with van der Waals surface area (Å²) in [5, 5.41) is 13.3. The van der Waals surface area contributed by atoms with Gasteiger partial charge in [-0.2, -0.15) is 0 Å². The Kier molecular flexibility index (Phi) is 1.16. The van der Waals surface area contributed by atoms with Gasteiger partial charge >= 0.3 is 0 Å². The quantitative estimate of drug-likeness (QED) is 0.531. The molecular weight excluding hydrogens is 138 g/mol. The molecule has 2 aliphatic heterocycles. The van der Waals surface area contributed by atoms with Crippen LogP contribution in [0.25, 0.3) is 0 Å². The van der Waals surface area contributed by atoms with Crippen LogP contribution in [0.3, 0.4) is 0 Å². The van der Waals surface area contributed by atoms with Gasteiger partial charge in [0.15, 0.2) is 0 Å². The molecule has 0 amide bonds. The number of rotatable bonds is 0. The lowest BCUT2D eigenvalue weighted by Gasteiger charge is -2.53. The van der Waals surface area contributed by atoms with E-state index in [2.05, 4.69) is 5.32 Å². The van der Waals surface area contributed by atoms with E-state index in [1.54, 1.807) is 0 Å². The summed E-state index contributed by atoms with van der Waals surface area (Å²) in [5.74, 6) is 1.58. The van der Waals surface area contributed by atoms with Crippen molar-refractivity contribution in [2.75, 3.05) is 0 Å². The molecule has 2 N–H and O–H groups in total. The average Bonchev–Trinajstić information content (AvgIpc) is 1.98. The van der Waals surface area contributed by atoms with Gasteiger partial charge in [0.25, 0.3) is 0 Å². The molecule has 4 bridgehead atoms. The lowest BCUT2D eigenvalue weighted by molar-refractivity contribution is -0.0592. The molecule has 0 aromatic heterocycles. The first kappa shape index (κ1) is 6.44. The van der Waals surface area contributed by atoms with Crippen molar-refractivity contribution in [3.8, 4) is 0 Å². The molecule has 4 aliphatic rings. The van der Waals surface area contributed by atoms with Crippen LogP contribution in [-0.4, -0.2) is 23.3 Å². The lowest BCUT2D eigenvalue weighted by Crippen LogP contribution is -2.62. The Labute approximate surface area is 67.0 Å². The molecule has 11 heavy (non-hydrogen) atoms. The zero-order valence-corrected chi connectivity index (χ0v) is 6.66. The van der Waals surface area contributed by atoms with Gasteiger partial charge in [-0.3, -0.25) is 0 Å². The molecule has 2 nitrogen and oxygen atoms in total. The summed E-state index contributed by atoms with van der Waals surface area (Å²) in [6.45, 7) is 0. The maximum absolute atomic E-state index is 9.76. The van der Waals surface area contributed by atoms with E-state index in [1.807, 2.05) is 0 Å². The Balaban J connectivity index is 1.91. The SMILES string of the molecule is O[C@@H]1[C@@H]2C[C@H]3C[C@@H](C2)N[C@@H]1C3. The first-order chi connectivity index (χ1) is 5.33. The van der Waals surface area contributed by atoms with Gasteiger partial charge < -0.3 is 10.4 Å². The molecule has 0 aromatic carbocycles. The van der Waals surface area contributed by atoms with Crippen LogP contribution in [0.4, 0.5) is 0 Å². The molecule has 0 radical (unpaired) electrons. The van der Waals surface area contributed by atoms with E-state index in [9.17, 15) is 5.11 Å². The number of piperidine rings is 2. The van der Waals surface area contributed by atoms with Crippen molar-refractivity contribution < 1.29 is 5.11 Å². The molecule has 2 heterocycles. The third-order valence-corrected chi connectivity index (χ3v) is 3.77. The monoisotopic (exact) mass is 153 g/mol. The first-order valence-electron chi connectivity index (χ1n) is 4.77. The van der Waals surface area contributed by atoms with Gasteiger partial charge in [-0.15, -0.1) is 0 Å². The summed E-state index contributed by atoms with van der Waals surface area (Å²) < 4.78 is 0. The van der Waals surface area contributed by atoms with Gasteiger partial charge in [0, 0.05) is 12.1 Å². The van der Waals surface area contributed by atoms with Gasteiger partial charge in [-0.1, -0.05) is 0 Å². The highest BCUT2D eigenvalue weighted by Crippen LogP contribution is 2.44. The molecule has 62 valence electrons. The second kappa shape index (κ2) is 1.99. The Morgan fingerprint density at radius 1 is 1.09 bits per heavy atom. The van der Waals surface area contributed by atoms with E-state index in [4.69, 9.17) is 0 Å². The van der Waals surface area contributed by atoms with Crippen LogP contribution in [0.5, 0.6) is 0 Å². The van der Waals surface area contributed by atoms with E-state index in [-0.39, 0.29) is 6.10 Å². The molecule has 0 spiro atoms. The summed E-state index contributed by atoms with van der Waals surface area (Å²) in [4.78, 5) is 0. The Morgan fingerprint density at radius 3 is 2.73 bits per heavy atom. The fraction of sp³-hybridized carbons (Fsp3) is 1.00. The molecule has 2 aliphatic carbocycles. The average molecular weight is 153 g/mol. The standard InChI is InChI=1S/C9H15NO/c11-9-6-1-5-2-7(4-6)10-8(9)3-5/h5-11H,1-4H2/t5-,6+,7-,8+,9+/m0/s1. The third kappa shape index (κ3) is 0.798. The summed E-state index contributed by atoms with van der Waals surface area (Å²) in [5.41, 5.74) is 0. The van der Waals surface area contributed by atoms with Crippen LogP contribution in [0, 0.1) is 11.8 Å². The van der Waals surface area contributed by atoms with Crippen LogP contribution in [0.2, 0.25) is 0 Å². The number of hydrogen-bond acceptors (Lipinski definition) is 2. The molecule has 2 saturated carbocycles. The minimum Gasteiger partial charge on any atom is -0.391 e. The maximum atomic E-state index is 9.76. The highest BCUT2D eigenvalue weighted by molar-refractivity contribution is 5.03. The van der Waals surface area contributed by atoms with Crippen molar-refractivity contribution in [1.82, 2.24) is 5.32 Å². The van der Waals surface area contributed by atoms with Crippen LogP contribution in [0.15, 0.2) is 0 Å². The first-order valence-corrected chi connectivity index (χ1v) is 4.77. The molecule has 2 heteroatoms. The van der Waals surface area contributed by atoms with Gasteiger partial charge in [0.2, 0.25) is 0 Å². The topological polar surface area (TPSA) is 32.3 Å². The number of aliphatic hydroxyl groups excluding tert-OH is 1. The molecule has 4 rings (SSSR count). The van der Waals surface area contributed by atoms with Crippen LogP contribution in [-0.2, 0) is 0 Å². The molecule has 2 saturated heterocycles. The molecule has 4 fully saturated rings. The zero-order chi connectivity index (χ0) is 7.42. The van der Waals surface area contributed by atoms with Crippen molar-refractivity contribution in [3.05, 3.63) is 0 Å². The number of aliphatic hydroxyl groups is 1. The van der Waals surface area contributed by atoms with Gasteiger partial charge in [0.05, 0.1) is 6.10 Å². The summed E-state index contributed by atoms with van der Waals surface area (Å²) in [6.07, 6.45) is 5.11. The zero-order valence-electron chi connectivity index (χ0n) is 6.66. The summed E-state index contributed by atoms with van der Waals surface area (Å²) in [7, 11) is 0. The van der Waals surface area contributed by atoms with E-state index < -0.39 is 0 Å². The van der Waals surface area contributed by atoms with Gasteiger partial charge in [-0.05, 0) is 37.5 Å². The Morgan fingerprint density at radius 2 is 2.00 bits per heavy atom. The van der Waals surface area contributed by atoms with Crippen molar-refractivity contribution >= 4 is 0 Å². The Hall–Kier alpha value is -0.0800. The number of hydrogen-bond donors (Lipinski definition) is 2. The van der Waals surface area contributed by atoms with Crippen molar-refractivity contribution in [2.45, 2.75) is 43.9 Å². The maximum Gasteiger partial charge on any atom is 0.0722 e. The fourth-order valence-electron chi connectivity index (χ4n) is 3.39. The predicted octanol–water partition coefficient (Wildman–Crippen LogP) is 0.508. The summed E-state index contributed by atoms with van der Waals surface area (Å²) in [6, 6.07) is 1.20. The second-order valence-corrected chi connectivity index (χ2v) is 4.53.